The molecule has 0 aliphatic heterocycles. The number of benzene rings is 1. The molecule has 2 aromatic rings. The molecule has 0 radical (unpaired) electrons. The summed E-state index contributed by atoms with van der Waals surface area (Å²) in [6, 6.07) is 6.51. The molecular weight excluding hydrogens is 249 g/mol. The van der Waals surface area contributed by atoms with E-state index >= 15 is 0 Å². The number of rotatable bonds is 4. The van der Waals surface area contributed by atoms with Gasteiger partial charge in [0, 0.05) is 5.56 Å². The predicted molar refractivity (Wildman–Crippen MR) is 67.6 cm³/mol. The van der Waals surface area contributed by atoms with Crippen molar-refractivity contribution >= 4 is 18.6 Å². The number of hydrogen-bond acceptors (Lipinski definition) is 6. The maximum absolute atomic E-state index is 11.7. The zero-order chi connectivity index (χ0) is 13.8. The third kappa shape index (κ3) is 2.64. The van der Waals surface area contributed by atoms with E-state index in [1.165, 1.54) is 6.07 Å². The van der Waals surface area contributed by atoms with Gasteiger partial charge in [0.25, 0.3) is 0 Å². The quantitative estimate of drug-likeness (QED) is 0.497. The summed E-state index contributed by atoms with van der Waals surface area (Å²) in [5.74, 6) is -0.617. The molecule has 98 valence electrons. The summed E-state index contributed by atoms with van der Waals surface area (Å²) in [5, 5.41) is 28.6. The average Bonchev–Trinajstić information content (AvgIpc) is 2.88. The van der Waals surface area contributed by atoms with Crippen molar-refractivity contribution in [2.75, 3.05) is 6.61 Å². The van der Waals surface area contributed by atoms with Crippen molar-refractivity contribution in [2.24, 2.45) is 0 Å². The van der Waals surface area contributed by atoms with Crippen LogP contribution in [0, 0.1) is 0 Å². The summed E-state index contributed by atoms with van der Waals surface area (Å²) < 4.78 is 4.86. The number of ether oxygens (including phenoxy) is 1. The number of aromatic amines is 1. The fourth-order valence-corrected chi connectivity index (χ4v) is 1.70. The lowest BCUT2D eigenvalue weighted by Gasteiger charge is -2.07. The smallest absolute Gasteiger partial charge is 0.461 e. The standard InChI is InChI=1S/C11H12BN3O4/c1-2-19-11(16)10-9(13-15-14-10)7-5-3-4-6-8(7)12(17)18/h3-6,17-18H,2H2,1H3,(H,13,14,15). The van der Waals surface area contributed by atoms with Crippen LogP contribution in [0.1, 0.15) is 17.4 Å². The molecule has 1 aromatic heterocycles. The van der Waals surface area contributed by atoms with Gasteiger partial charge in [0.1, 0.15) is 5.69 Å². The fourth-order valence-electron chi connectivity index (χ4n) is 1.70. The Morgan fingerprint density at radius 2 is 2.11 bits per heavy atom. The van der Waals surface area contributed by atoms with Gasteiger partial charge in [-0.2, -0.15) is 10.3 Å². The fraction of sp³-hybridized carbons (Fsp3) is 0.182. The molecule has 0 amide bonds. The maximum atomic E-state index is 11.7. The Balaban J connectivity index is 2.49. The van der Waals surface area contributed by atoms with Gasteiger partial charge in [0.15, 0.2) is 5.69 Å². The van der Waals surface area contributed by atoms with Crippen LogP contribution in [0.4, 0.5) is 0 Å². The summed E-state index contributed by atoms with van der Waals surface area (Å²) in [4.78, 5) is 11.7. The van der Waals surface area contributed by atoms with E-state index in [4.69, 9.17) is 4.74 Å². The molecular formula is C11H12BN3O4. The SMILES string of the molecule is CCOC(=O)c1n[nH]nc1-c1ccccc1B(O)O. The number of H-pyrrole nitrogens is 1. The zero-order valence-corrected chi connectivity index (χ0v) is 10.2. The van der Waals surface area contributed by atoms with Crippen LogP contribution in [0.3, 0.4) is 0 Å². The van der Waals surface area contributed by atoms with Crippen molar-refractivity contribution in [3.8, 4) is 11.3 Å². The topological polar surface area (TPSA) is 108 Å². The zero-order valence-electron chi connectivity index (χ0n) is 10.2. The van der Waals surface area contributed by atoms with Crippen LogP contribution in [-0.2, 0) is 4.74 Å². The van der Waals surface area contributed by atoms with Crippen LogP contribution >= 0.6 is 0 Å². The first-order valence-corrected chi connectivity index (χ1v) is 5.68. The van der Waals surface area contributed by atoms with Crippen molar-refractivity contribution in [3.63, 3.8) is 0 Å². The first-order valence-electron chi connectivity index (χ1n) is 5.68. The Morgan fingerprint density at radius 3 is 2.79 bits per heavy atom. The maximum Gasteiger partial charge on any atom is 0.489 e. The lowest BCUT2D eigenvalue weighted by atomic mass is 9.76. The van der Waals surface area contributed by atoms with Gasteiger partial charge in [0.2, 0.25) is 0 Å². The van der Waals surface area contributed by atoms with E-state index in [0.717, 1.165) is 0 Å². The summed E-state index contributed by atoms with van der Waals surface area (Å²) in [6.45, 7) is 1.90. The van der Waals surface area contributed by atoms with Gasteiger partial charge in [-0.1, -0.05) is 24.3 Å². The average molecular weight is 261 g/mol. The Morgan fingerprint density at radius 1 is 1.37 bits per heavy atom. The van der Waals surface area contributed by atoms with E-state index in [1.807, 2.05) is 0 Å². The van der Waals surface area contributed by atoms with Crippen LogP contribution in [0.5, 0.6) is 0 Å². The molecule has 1 aromatic carbocycles. The predicted octanol–water partition coefficient (Wildman–Crippen LogP) is -0.672. The molecule has 8 heteroatoms. The third-order valence-corrected chi connectivity index (χ3v) is 2.51. The summed E-state index contributed by atoms with van der Waals surface area (Å²) in [7, 11) is -1.66. The molecule has 0 fully saturated rings. The largest absolute Gasteiger partial charge is 0.489 e. The molecule has 19 heavy (non-hydrogen) atoms. The highest BCUT2D eigenvalue weighted by atomic mass is 16.5. The van der Waals surface area contributed by atoms with E-state index < -0.39 is 13.1 Å². The molecule has 0 aliphatic carbocycles. The summed E-state index contributed by atoms with van der Waals surface area (Å²) in [6.07, 6.45) is 0. The Hall–Kier alpha value is -2.19. The number of aromatic nitrogens is 3. The Bertz CT molecular complexity index is 585. The third-order valence-electron chi connectivity index (χ3n) is 2.51. The minimum Gasteiger partial charge on any atom is -0.461 e. The van der Waals surface area contributed by atoms with Gasteiger partial charge in [0.05, 0.1) is 6.61 Å². The Labute approximate surface area is 109 Å². The lowest BCUT2D eigenvalue weighted by Crippen LogP contribution is -2.31. The number of hydrogen-bond donors (Lipinski definition) is 3. The monoisotopic (exact) mass is 261 g/mol. The van der Waals surface area contributed by atoms with E-state index in [-0.39, 0.29) is 23.5 Å². The van der Waals surface area contributed by atoms with E-state index in [1.54, 1.807) is 25.1 Å². The van der Waals surface area contributed by atoms with Crippen molar-refractivity contribution in [3.05, 3.63) is 30.0 Å². The number of esters is 1. The molecule has 1 heterocycles. The van der Waals surface area contributed by atoms with Gasteiger partial charge in [-0.3, -0.25) is 0 Å². The molecule has 0 aliphatic rings. The first kappa shape index (κ1) is 13.3. The van der Waals surface area contributed by atoms with Crippen LogP contribution in [0.2, 0.25) is 0 Å². The molecule has 2 rings (SSSR count). The number of carbonyl (C=O) groups excluding carboxylic acids is 1. The molecule has 0 atom stereocenters. The molecule has 0 bridgehead atoms. The van der Waals surface area contributed by atoms with Gasteiger partial charge in [-0.05, 0) is 12.4 Å². The summed E-state index contributed by atoms with van der Waals surface area (Å²) >= 11 is 0. The Kier molecular flexibility index (Phi) is 3.93. The summed E-state index contributed by atoms with van der Waals surface area (Å²) in [5.41, 5.74) is 0.883. The second-order valence-corrected chi connectivity index (χ2v) is 3.70. The van der Waals surface area contributed by atoms with E-state index in [9.17, 15) is 14.8 Å². The van der Waals surface area contributed by atoms with Gasteiger partial charge in [-0.25, -0.2) is 4.79 Å². The molecule has 0 unspecified atom stereocenters. The van der Waals surface area contributed by atoms with Crippen LogP contribution in [-0.4, -0.2) is 45.2 Å². The van der Waals surface area contributed by atoms with Crippen molar-refractivity contribution < 1.29 is 19.6 Å². The second kappa shape index (κ2) is 5.64. The molecule has 3 N–H and O–H groups in total. The number of nitrogens with zero attached hydrogens (tertiary/aromatic N) is 2. The van der Waals surface area contributed by atoms with E-state index in [0.29, 0.717) is 5.56 Å². The van der Waals surface area contributed by atoms with Crippen molar-refractivity contribution in [1.82, 2.24) is 15.4 Å². The first-order chi connectivity index (χ1) is 9.15. The minimum absolute atomic E-state index is 0.00921. The van der Waals surface area contributed by atoms with E-state index in [2.05, 4.69) is 15.4 Å². The van der Waals surface area contributed by atoms with Crippen molar-refractivity contribution in [1.29, 1.82) is 0 Å². The normalized spacial score (nSPS) is 10.3. The van der Waals surface area contributed by atoms with Crippen LogP contribution in [0.15, 0.2) is 24.3 Å². The van der Waals surface area contributed by atoms with Gasteiger partial charge in [-0.15, -0.1) is 5.10 Å². The number of carbonyl (C=O) groups is 1. The number of nitrogens with one attached hydrogen (secondary N) is 1. The molecule has 0 saturated heterocycles. The molecule has 7 nitrogen and oxygen atoms in total. The van der Waals surface area contributed by atoms with Gasteiger partial charge < -0.3 is 14.8 Å². The highest BCUT2D eigenvalue weighted by Gasteiger charge is 2.24. The highest BCUT2D eigenvalue weighted by molar-refractivity contribution is 6.60. The van der Waals surface area contributed by atoms with Gasteiger partial charge >= 0.3 is 13.1 Å². The second-order valence-electron chi connectivity index (χ2n) is 3.70. The highest BCUT2D eigenvalue weighted by Crippen LogP contribution is 2.18. The molecule has 0 saturated carbocycles. The van der Waals surface area contributed by atoms with Crippen LogP contribution in [0.25, 0.3) is 11.3 Å². The van der Waals surface area contributed by atoms with Crippen LogP contribution < -0.4 is 5.46 Å². The molecule has 0 spiro atoms. The van der Waals surface area contributed by atoms with Crippen molar-refractivity contribution in [2.45, 2.75) is 6.92 Å². The minimum atomic E-state index is -1.66. The lowest BCUT2D eigenvalue weighted by molar-refractivity contribution is 0.0520.